The van der Waals surface area contributed by atoms with Crippen LogP contribution in [0.2, 0.25) is 5.02 Å². The Morgan fingerprint density at radius 3 is 2.37 bits per heavy atom. The van der Waals surface area contributed by atoms with Gasteiger partial charge in [0.2, 0.25) is 0 Å². The number of anilines is 1. The van der Waals surface area contributed by atoms with Crippen LogP contribution in [-0.4, -0.2) is 14.7 Å². The minimum absolute atomic E-state index is 0.0542. The quantitative estimate of drug-likeness (QED) is 0.288. The number of aromatic nitrogens is 2. The lowest BCUT2D eigenvalue weighted by Gasteiger charge is -2.28. The molecule has 1 saturated heterocycles. The van der Waals surface area contributed by atoms with Crippen molar-refractivity contribution >= 4 is 34.6 Å². The van der Waals surface area contributed by atoms with Crippen molar-refractivity contribution in [3.63, 3.8) is 0 Å². The summed E-state index contributed by atoms with van der Waals surface area (Å²) in [5.74, 6) is 0.474. The molecule has 4 aromatic rings. The lowest BCUT2D eigenvalue weighted by molar-refractivity contribution is 0.565. The first kappa shape index (κ1) is 23.6. The number of hydrogen-bond acceptors (Lipinski definition) is 2. The molecule has 178 valence electrons. The molecule has 3 heterocycles. The molecule has 0 saturated carbocycles. The predicted molar refractivity (Wildman–Crippen MR) is 149 cm³/mol. The van der Waals surface area contributed by atoms with Crippen LogP contribution in [-0.2, 0) is 0 Å². The van der Waals surface area contributed by atoms with Gasteiger partial charge >= 0.3 is 0 Å². The normalized spacial score (nSPS) is 17.8. The molecule has 0 radical (unpaired) electrons. The highest BCUT2D eigenvalue weighted by atomic mass is 35.5. The average molecular weight is 501 g/mol. The summed E-state index contributed by atoms with van der Waals surface area (Å²) in [7, 11) is 0. The van der Waals surface area contributed by atoms with Gasteiger partial charge in [-0.15, -0.1) is 0 Å². The summed E-state index contributed by atoms with van der Waals surface area (Å²) >= 11 is 12.3. The minimum Gasteiger partial charge on any atom is -0.351 e. The Morgan fingerprint density at radius 1 is 0.943 bits per heavy atom. The molecule has 0 aliphatic carbocycles. The standard InChI is InChI=1S/C29H29ClN4S/c1-18(2)21-11-13-23(14-12-21)34-28(27(32-29(34)35)26-10-5-6-15-31-26)25-16-19(3)33(20(25)4)24-9-7-8-22(30)17-24/h5-18,27-28H,1-4H3,(H,32,35)/t27-,28+/m0/s1. The van der Waals surface area contributed by atoms with Gasteiger partial charge in [0.25, 0.3) is 0 Å². The number of benzene rings is 2. The van der Waals surface area contributed by atoms with E-state index in [9.17, 15) is 0 Å². The molecule has 0 amide bonds. The van der Waals surface area contributed by atoms with Gasteiger partial charge in [0.1, 0.15) is 0 Å². The van der Waals surface area contributed by atoms with E-state index >= 15 is 0 Å². The van der Waals surface area contributed by atoms with Crippen molar-refractivity contribution < 1.29 is 0 Å². The molecular formula is C29H29ClN4S. The number of nitrogens with zero attached hydrogens (tertiary/aromatic N) is 3. The van der Waals surface area contributed by atoms with E-state index < -0.39 is 0 Å². The number of pyridine rings is 1. The van der Waals surface area contributed by atoms with Crippen LogP contribution < -0.4 is 10.2 Å². The van der Waals surface area contributed by atoms with Gasteiger partial charge in [-0.05, 0) is 91.6 Å². The highest BCUT2D eigenvalue weighted by Crippen LogP contribution is 2.44. The largest absolute Gasteiger partial charge is 0.351 e. The number of hydrogen-bond donors (Lipinski definition) is 1. The summed E-state index contributed by atoms with van der Waals surface area (Å²) in [6.07, 6.45) is 1.84. The number of aryl methyl sites for hydroxylation is 1. The van der Waals surface area contributed by atoms with E-state index in [0.717, 1.165) is 33.5 Å². The zero-order valence-corrected chi connectivity index (χ0v) is 21.9. The fourth-order valence-electron chi connectivity index (χ4n) is 5.07. The fourth-order valence-corrected chi connectivity index (χ4v) is 5.60. The van der Waals surface area contributed by atoms with Gasteiger partial charge in [0, 0.05) is 34.0 Å². The zero-order chi connectivity index (χ0) is 24.7. The molecule has 2 aromatic heterocycles. The maximum Gasteiger partial charge on any atom is 0.174 e. The van der Waals surface area contributed by atoms with E-state index in [1.807, 2.05) is 36.5 Å². The van der Waals surface area contributed by atoms with E-state index in [-0.39, 0.29) is 12.1 Å². The second-order valence-corrected chi connectivity index (χ2v) is 10.2. The maximum absolute atomic E-state index is 6.34. The molecule has 35 heavy (non-hydrogen) atoms. The lowest BCUT2D eigenvalue weighted by Crippen LogP contribution is -2.29. The summed E-state index contributed by atoms with van der Waals surface area (Å²) in [6.45, 7) is 8.72. The van der Waals surface area contributed by atoms with Crippen molar-refractivity contribution in [1.29, 1.82) is 0 Å². The first-order chi connectivity index (χ1) is 16.8. The smallest absolute Gasteiger partial charge is 0.174 e. The number of thiocarbonyl (C=S) groups is 1. The highest BCUT2D eigenvalue weighted by Gasteiger charge is 2.42. The van der Waals surface area contributed by atoms with Gasteiger partial charge in [-0.1, -0.05) is 49.7 Å². The Kier molecular flexibility index (Phi) is 6.39. The zero-order valence-electron chi connectivity index (χ0n) is 20.4. The van der Waals surface area contributed by atoms with Crippen molar-refractivity contribution in [2.24, 2.45) is 0 Å². The molecule has 4 nitrogen and oxygen atoms in total. The predicted octanol–water partition coefficient (Wildman–Crippen LogP) is 7.44. The van der Waals surface area contributed by atoms with Crippen LogP contribution >= 0.6 is 23.8 Å². The van der Waals surface area contributed by atoms with Crippen LogP contribution in [0.4, 0.5) is 5.69 Å². The molecule has 0 bridgehead atoms. The highest BCUT2D eigenvalue weighted by molar-refractivity contribution is 7.80. The summed E-state index contributed by atoms with van der Waals surface area (Å²) in [5, 5.41) is 5.00. The average Bonchev–Trinajstić information content (AvgIpc) is 3.34. The third kappa shape index (κ3) is 4.35. The van der Waals surface area contributed by atoms with Crippen LogP contribution in [0.3, 0.4) is 0 Å². The van der Waals surface area contributed by atoms with E-state index in [1.54, 1.807) is 0 Å². The van der Waals surface area contributed by atoms with Crippen molar-refractivity contribution in [1.82, 2.24) is 14.9 Å². The number of nitrogens with one attached hydrogen (secondary N) is 1. The molecular weight excluding hydrogens is 472 g/mol. The van der Waals surface area contributed by atoms with Gasteiger partial charge in [-0.25, -0.2) is 0 Å². The third-order valence-electron chi connectivity index (χ3n) is 6.79. The Balaban J connectivity index is 1.66. The van der Waals surface area contributed by atoms with E-state index in [0.29, 0.717) is 11.0 Å². The topological polar surface area (TPSA) is 33.1 Å². The Bertz CT molecular complexity index is 1360. The monoisotopic (exact) mass is 500 g/mol. The molecule has 1 aliphatic rings. The van der Waals surface area contributed by atoms with E-state index in [2.05, 4.69) is 84.9 Å². The molecule has 0 spiro atoms. The molecule has 1 fully saturated rings. The third-order valence-corrected chi connectivity index (χ3v) is 7.34. The summed E-state index contributed by atoms with van der Waals surface area (Å²) < 4.78 is 2.26. The van der Waals surface area contributed by atoms with Crippen LogP contribution in [0.5, 0.6) is 0 Å². The van der Waals surface area contributed by atoms with Crippen molar-refractivity contribution in [3.05, 3.63) is 112 Å². The second kappa shape index (κ2) is 9.48. The molecule has 2 aromatic carbocycles. The van der Waals surface area contributed by atoms with Gasteiger partial charge in [0.15, 0.2) is 5.11 Å². The molecule has 1 N–H and O–H groups in total. The molecule has 1 aliphatic heterocycles. The first-order valence-electron chi connectivity index (χ1n) is 11.9. The molecule has 5 rings (SSSR count). The summed E-state index contributed by atoms with van der Waals surface area (Å²) in [6, 6.07) is 24.9. The van der Waals surface area contributed by atoms with E-state index in [1.165, 1.54) is 11.1 Å². The van der Waals surface area contributed by atoms with Gasteiger partial charge in [0.05, 0.1) is 17.8 Å². The van der Waals surface area contributed by atoms with Crippen LogP contribution in [0, 0.1) is 13.8 Å². The fraction of sp³-hybridized carbons (Fsp3) is 0.241. The SMILES string of the molecule is Cc1cc([C@@H]2[C@H](c3ccccn3)NC(=S)N2c2ccc(C(C)C)cc2)c(C)n1-c1cccc(Cl)c1. The Labute approximate surface area is 217 Å². The Morgan fingerprint density at radius 2 is 1.71 bits per heavy atom. The maximum atomic E-state index is 6.34. The minimum atomic E-state index is -0.0817. The van der Waals surface area contributed by atoms with Crippen molar-refractivity contribution in [2.75, 3.05) is 4.90 Å². The van der Waals surface area contributed by atoms with Crippen LogP contribution in [0.25, 0.3) is 5.69 Å². The van der Waals surface area contributed by atoms with Gasteiger partial charge in [-0.3, -0.25) is 4.98 Å². The second-order valence-electron chi connectivity index (χ2n) is 9.38. The lowest BCUT2D eigenvalue weighted by atomic mass is 9.96. The number of halogens is 1. The molecule has 6 heteroatoms. The molecule has 0 unspecified atom stereocenters. The summed E-state index contributed by atoms with van der Waals surface area (Å²) in [4.78, 5) is 6.93. The van der Waals surface area contributed by atoms with Gasteiger partial charge < -0.3 is 14.8 Å². The number of rotatable bonds is 5. The summed E-state index contributed by atoms with van der Waals surface area (Å²) in [5.41, 5.74) is 7.91. The van der Waals surface area contributed by atoms with Crippen LogP contribution in [0.1, 0.15) is 60.1 Å². The van der Waals surface area contributed by atoms with Crippen molar-refractivity contribution in [2.45, 2.75) is 45.7 Å². The van der Waals surface area contributed by atoms with Crippen LogP contribution in [0.15, 0.2) is 79.0 Å². The molecule has 2 atom stereocenters. The van der Waals surface area contributed by atoms with E-state index in [4.69, 9.17) is 28.8 Å². The van der Waals surface area contributed by atoms with Gasteiger partial charge in [-0.2, -0.15) is 0 Å². The Hall–Kier alpha value is -3.15. The first-order valence-corrected chi connectivity index (χ1v) is 12.7. The van der Waals surface area contributed by atoms with Crippen molar-refractivity contribution in [3.8, 4) is 5.69 Å².